The summed E-state index contributed by atoms with van der Waals surface area (Å²) in [5, 5.41) is 20.4. The summed E-state index contributed by atoms with van der Waals surface area (Å²) in [6, 6.07) is -1.34. The zero-order valence-electron chi connectivity index (χ0n) is 11.3. The van der Waals surface area contributed by atoms with Crippen LogP contribution >= 0.6 is 0 Å². The summed E-state index contributed by atoms with van der Waals surface area (Å²) < 4.78 is 0. The van der Waals surface area contributed by atoms with Crippen molar-refractivity contribution in [3.8, 4) is 0 Å². The third-order valence-electron chi connectivity index (χ3n) is 3.20. The lowest BCUT2D eigenvalue weighted by atomic mass is 10.1. The van der Waals surface area contributed by atoms with E-state index in [2.05, 4.69) is 5.32 Å². The van der Waals surface area contributed by atoms with Crippen molar-refractivity contribution in [3.05, 3.63) is 0 Å². The molecule has 3 N–H and O–H groups in total. The lowest BCUT2D eigenvalue weighted by Gasteiger charge is -2.22. The first kappa shape index (κ1) is 15.4. The molecule has 1 saturated heterocycles. The normalized spacial score (nSPS) is 22.5. The van der Waals surface area contributed by atoms with Crippen molar-refractivity contribution in [2.45, 2.75) is 45.4 Å². The van der Waals surface area contributed by atoms with Gasteiger partial charge >= 0.3 is 5.97 Å². The average Bonchev–Trinajstić information content (AvgIpc) is 2.67. The van der Waals surface area contributed by atoms with Crippen LogP contribution < -0.4 is 5.32 Å². The van der Waals surface area contributed by atoms with Gasteiger partial charge in [0.05, 0.1) is 12.0 Å². The van der Waals surface area contributed by atoms with Gasteiger partial charge in [0.25, 0.3) is 0 Å². The molecule has 3 atom stereocenters. The van der Waals surface area contributed by atoms with E-state index in [1.54, 1.807) is 4.90 Å². The highest BCUT2D eigenvalue weighted by Crippen LogP contribution is 2.20. The minimum absolute atomic E-state index is 0.0114. The third-order valence-corrected chi connectivity index (χ3v) is 3.20. The van der Waals surface area contributed by atoms with Gasteiger partial charge in [-0.3, -0.25) is 9.59 Å². The van der Waals surface area contributed by atoms with Crippen LogP contribution in [0.15, 0.2) is 0 Å². The lowest BCUT2D eigenvalue weighted by Crippen LogP contribution is -2.49. The molecule has 0 bridgehead atoms. The van der Waals surface area contributed by atoms with E-state index in [9.17, 15) is 19.5 Å². The van der Waals surface area contributed by atoms with E-state index < -0.39 is 29.9 Å². The van der Waals surface area contributed by atoms with E-state index in [0.717, 1.165) is 0 Å². The topological polar surface area (TPSA) is 107 Å². The van der Waals surface area contributed by atoms with Gasteiger partial charge in [0, 0.05) is 19.0 Å². The largest absolute Gasteiger partial charge is 0.480 e. The van der Waals surface area contributed by atoms with Gasteiger partial charge in [-0.2, -0.15) is 0 Å². The Morgan fingerprint density at radius 3 is 2.32 bits per heavy atom. The van der Waals surface area contributed by atoms with Crippen molar-refractivity contribution in [3.63, 3.8) is 0 Å². The summed E-state index contributed by atoms with van der Waals surface area (Å²) in [6.45, 7) is 5.29. The highest BCUT2D eigenvalue weighted by Gasteiger charge is 2.37. The summed E-state index contributed by atoms with van der Waals surface area (Å²) >= 11 is 0. The maximum atomic E-state index is 11.9. The molecule has 0 saturated carbocycles. The van der Waals surface area contributed by atoms with Crippen LogP contribution in [0, 0.1) is 5.92 Å². The van der Waals surface area contributed by atoms with Crippen LogP contribution in [0.5, 0.6) is 0 Å². The molecule has 1 fully saturated rings. The Labute approximate surface area is 111 Å². The van der Waals surface area contributed by atoms with E-state index in [4.69, 9.17) is 5.11 Å². The third kappa shape index (κ3) is 3.66. The number of carboxylic acid groups (broad SMARTS) is 1. The van der Waals surface area contributed by atoms with Gasteiger partial charge in [-0.25, -0.2) is 4.79 Å². The fraction of sp³-hybridized carbons (Fsp3) is 0.750. The molecule has 7 nitrogen and oxygen atoms in total. The van der Waals surface area contributed by atoms with Crippen molar-refractivity contribution >= 4 is 17.8 Å². The highest BCUT2D eigenvalue weighted by molar-refractivity contribution is 5.91. The maximum absolute atomic E-state index is 11.9. The van der Waals surface area contributed by atoms with E-state index in [1.165, 1.54) is 6.92 Å². The monoisotopic (exact) mass is 272 g/mol. The summed E-state index contributed by atoms with van der Waals surface area (Å²) in [5.74, 6) is -2.48. The second-order valence-corrected chi connectivity index (χ2v) is 5.11. The molecular weight excluding hydrogens is 252 g/mol. The van der Waals surface area contributed by atoms with Crippen LogP contribution in [0.4, 0.5) is 0 Å². The number of carboxylic acids is 1. The van der Waals surface area contributed by atoms with E-state index in [0.29, 0.717) is 0 Å². The highest BCUT2D eigenvalue weighted by atomic mass is 16.4. The minimum Gasteiger partial charge on any atom is -0.480 e. The van der Waals surface area contributed by atoms with E-state index in [1.807, 2.05) is 13.8 Å². The molecule has 108 valence electrons. The van der Waals surface area contributed by atoms with Crippen molar-refractivity contribution < 1.29 is 24.6 Å². The van der Waals surface area contributed by atoms with Crippen LogP contribution in [-0.4, -0.2) is 57.6 Å². The number of likely N-dealkylation sites (tertiary alicyclic amines) is 1. The van der Waals surface area contributed by atoms with Crippen molar-refractivity contribution in [1.29, 1.82) is 0 Å². The average molecular weight is 272 g/mol. The Bertz CT molecular complexity index is 380. The molecule has 0 aliphatic carbocycles. The fourth-order valence-corrected chi connectivity index (χ4v) is 2.07. The van der Waals surface area contributed by atoms with Crippen LogP contribution in [-0.2, 0) is 14.4 Å². The first-order chi connectivity index (χ1) is 8.73. The number of aliphatic carboxylic acids is 1. The molecular formula is C12H20N2O5. The Morgan fingerprint density at radius 2 is 1.95 bits per heavy atom. The predicted octanol–water partition coefficient (Wildman–Crippen LogP) is -0.806. The van der Waals surface area contributed by atoms with Crippen LogP contribution in [0.3, 0.4) is 0 Å². The zero-order valence-corrected chi connectivity index (χ0v) is 11.3. The molecule has 2 amide bonds. The van der Waals surface area contributed by atoms with Crippen LogP contribution in [0.2, 0.25) is 0 Å². The standard InChI is InChI=1S/C12H20N2O5/c1-6(2)14-5-8(4-9(14)16)11(17)13-10(7(3)15)12(18)19/h6-8,10,15H,4-5H2,1-3H3,(H,13,17)(H,18,19)/t7-,8?,10+/m1/s1. The summed E-state index contributed by atoms with van der Waals surface area (Å²) in [6.07, 6.45) is -1.12. The van der Waals surface area contributed by atoms with Gasteiger partial charge in [-0.1, -0.05) is 0 Å². The fourth-order valence-electron chi connectivity index (χ4n) is 2.07. The maximum Gasteiger partial charge on any atom is 0.328 e. The molecule has 1 heterocycles. The number of carbonyl (C=O) groups is 3. The van der Waals surface area contributed by atoms with Gasteiger partial charge in [-0.15, -0.1) is 0 Å². The number of amides is 2. The Kier molecular flexibility index (Phi) is 4.88. The van der Waals surface area contributed by atoms with E-state index in [-0.39, 0.29) is 24.9 Å². The second-order valence-electron chi connectivity index (χ2n) is 5.11. The number of hydrogen-bond acceptors (Lipinski definition) is 4. The number of aliphatic hydroxyl groups is 1. The number of carbonyl (C=O) groups excluding carboxylic acids is 2. The molecule has 0 aromatic carbocycles. The Morgan fingerprint density at radius 1 is 1.37 bits per heavy atom. The minimum atomic E-state index is -1.35. The number of aliphatic hydroxyl groups excluding tert-OH is 1. The smallest absolute Gasteiger partial charge is 0.328 e. The number of hydrogen-bond donors (Lipinski definition) is 3. The lowest BCUT2D eigenvalue weighted by molar-refractivity contribution is -0.145. The van der Waals surface area contributed by atoms with Crippen molar-refractivity contribution in [1.82, 2.24) is 10.2 Å². The molecule has 1 aliphatic rings. The molecule has 0 spiro atoms. The second kappa shape index (κ2) is 6.01. The summed E-state index contributed by atoms with van der Waals surface area (Å²) in [5.41, 5.74) is 0. The first-order valence-corrected chi connectivity index (χ1v) is 6.24. The quantitative estimate of drug-likeness (QED) is 0.607. The Hall–Kier alpha value is -1.63. The first-order valence-electron chi connectivity index (χ1n) is 6.24. The predicted molar refractivity (Wildman–Crippen MR) is 66.2 cm³/mol. The molecule has 1 rings (SSSR count). The van der Waals surface area contributed by atoms with Crippen LogP contribution in [0.1, 0.15) is 27.2 Å². The zero-order chi connectivity index (χ0) is 14.7. The van der Waals surface area contributed by atoms with Gasteiger partial charge in [0.1, 0.15) is 0 Å². The molecule has 7 heteroatoms. The molecule has 1 aliphatic heterocycles. The number of rotatable bonds is 5. The van der Waals surface area contributed by atoms with E-state index >= 15 is 0 Å². The SMILES string of the molecule is CC(C)N1CC(C(=O)N[C@H](C(=O)O)[C@@H](C)O)CC1=O. The van der Waals surface area contributed by atoms with Crippen molar-refractivity contribution in [2.75, 3.05) is 6.54 Å². The summed E-state index contributed by atoms with van der Waals surface area (Å²) in [4.78, 5) is 36.0. The van der Waals surface area contributed by atoms with Gasteiger partial charge < -0.3 is 20.4 Å². The number of nitrogens with one attached hydrogen (secondary N) is 1. The van der Waals surface area contributed by atoms with Crippen LogP contribution in [0.25, 0.3) is 0 Å². The van der Waals surface area contributed by atoms with Gasteiger partial charge in [-0.05, 0) is 20.8 Å². The van der Waals surface area contributed by atoms with Gasteiger partial charge in [0.15, 0.2) is 6.04 Å². The molecule has 19 heavy (non-hydrogen) atoms. The molecule has 0 radical (unpaired) electrons. The Balaban J connectivity index is 2.65. The molecule has 0 aromatic heterocycles. The van der Waals surface area contributed by atoms with Gasteiger partial charge in [0.2, 0.25) is 11.8 Å². The molecule has 1 unspecified atom stereocenters. The van der Waals surface area contributed by atoms with Crippen molar-refractivity contribution in [2.24, 2.45) is 5.92 Å². The number of nitrogens with zero attached hydrogens (tertiary/aromatic N) is 1. The summed E-state index contributed by atoms with van der Waals surface area (Å²) in [7, 11) is 0. The molecule has 0 aromatic rings.